The lowest BCUT2D eigenvalue weighted by Gasteiger charge is -2.22. The SMILES string of the molecule is CN(C)c1cc(NC(=O)OC(C)(C)C)c(NC(=O)CC(=O)c2cccc(-c3cc(COC4CCCCO4)on3)c2)cc1Cl. The molecule has 2 amide bonds. The molecule has 1 saturated heterocycles. The topological polar surface area (TPSA) is 132 Å². The van der Waals surface area contributed by atoms with Crippen molar-refractivity contribution in [1.82, 2.24) is 5.16 Å². The van der Waals surface area contributed by atoms with Gasteiger partial charge in [0.15, 0.2) is 17.8 Å². The fraction of sp³-hybridized carbons (Fsp3) is 0.419. The number of Topliss-reactive ketones (excluding diaryl/α,β-unsaturated/α-hetero) is 1. The largest absolute Gasteiger partial charge is 0.444 e. The van der Waals surface area contributed by atoms with Gasteiger partial charge in [0.2, 0.25) is 5.91 Å². The van der Waals surface area contributed by atoms with E-state index in [9.17, 15) is 14.4 Å². The molecule has 3 aromatic rings. The van der Waals surface area contributed by atoms with E-state index in [0.717, 1.165) is 19.3 Å². The Morgan fingerprint density at radius 1 is 1.07 bits per heavy atom. The van der Waals surface area contributed by atoms with Gasteiger partial charge in [-0.05, 0) is 58.2 Å². The number of nitrogens with one attached hydrogen (secondary N) is 2. The predicted molar refractivity (Wildman–Crippen MR) is 164 cm³/mol. The maximum Gasteiger partial charge on any atom is 0.412 e. The third-order valence-electron chi connectivity index (χ3n) is 6.39. The molecule has 11 nitrogen and oxygen atoms in total. The first-order chi connectivity index (χ1) is 20.4. The van der Waals surface area contributed by atoms with Gasteiger partial charge in [-0.15, -0.1) is 0 Å². The summed E-state index contributed by atoms with van der Waals surface area (Å²) in [7, 11) is 3.59. The van der Waals surface area contributed by atoms with Crippen LogP contribution in [0.25, 0.3) is 11.3 Å². The number of ether oxygens (including phenoxy) is 3. The second-order valence-corrected chi connectivity index (χ2v) is 11.8. The van der Waals surface area contributed by atoms with Gasteiger partial charge in [-0.2, -0.15) is 0 Å². The lowest BCUT2D eigenvalue weighted by atomic mass is 10.0. The van der Waals surface area contributed by atoms with Gasteiger partial charge in [-0.1, -0.05) is 35.0 Å². The van der Waals surface area contributed by atoms with Crippen molar-refractivity contribution in [2.75, 3.05) is 36.2 Å². The number of ketones is 1. The quantitative estimate of drug-likeness (QED) is 0.190. The molecule has 1 fully saturated rings. The molecule has 2 heterocycles. The highest BCUT2D eigenvalue weighted by molar-refractivity contribution is 6.34. The third kappa shape index (κ3) is 9.28. The van der Waals surface area contributed by atoms with E-state index in [1.54, 1.807) is 76.2 Å². The summed E-state index contributed by atoms with van der Waals surface area (Å²) in [5, 5.41) is 9.80. The molecule has 1 aromatic heterocycles. The van der Waals surface area contributed by atoms with Crippen LogP contribution >= 0.6 is 11.6 Å². The minimum Gasteiger partial charge on any atom is -0.444 e. The zero-order valence-electron chi connectivity index (χ0n) is 25.0. The lowest BCUT2D eigenvalue weighted by Crippen LogP contribution is -2.28. The molecule has 12 heteroatoms. The van der Waals surface area contributed by atoms with E-state index in [1.807, 2.05) is 0 Å². The zero-order chi connectivity index (χ0) is 31.1. The first-order valence-electron chi connectivity index (χ1n) is 14.0. The van der Waals surface area contributed by atoms with Gasteiger partial charge < -0.3 is 29.0 Å². The number of rotatable bonds is 10. The van der Waals surface area contributed by atoms with E-state index >= 15 is 0 Å². The third-order valence-corrected chi connectivity index (χ3v) is 6.69. The molecular weight excluding hydrogens is 576 g/mol. The van der Waals surface area contributed by atoms with E-state index in [2.05, 4.69) is 15.8 Å². The van der Waals surface area contributed by atoms with E-state index in [4.69, 9.17) is 30.3 Å². The van der Waals surface area contributed by atoms with E-state index in [1.165, 1.54) is 6.07 Å². The van der Waals surface area contributed by atoms with E-state index in [-0.39, 0.29) is 24.3 Å². The molecular formula is C31H37ClN4O7. The number of anilines is 3. The van der Waals surface area contributed by atoms with Crippen LogP contribution in [0.3, 0.4) is 0 Å². The number of carbonyl (C=O) groups excluding carboxylic acids is 3. The van der Waals surface area contributed by atoms with Crippen LogP contribution in [-0.4, -0.2) is 55.5 Å². The Bertz CT molecular complexity index is 1460. The Hall–Kier alpha value is -3.93. The molecule has 1 aliphatic rings. The number of carbonyl (C=O) groups is 3. The van der Waals surface area contributed by atoms with Crippen LogP contribution in [0.2, 0.25) is 5.02 Å². The van der Waals surface area contributed by atoms with Crippen LogP contribution in [0.1, 0.15) is 62.6 Å². The molecule has 0 aliphatic carbocycles. The highest BCUT2D eigenvalue weighted by Gasteiger charge is 2.21. The standard InChI is InChI=1S/C31H37ClN4O7/c1-31(2,3)42-30(39)34-25-16-26(36(4)5)22(32)15-24(25)33-28(38)17-27(37)20-10-8-9-19(13-20)23-14-21(43-35-23)18-41-29-11-6-7-12-40-29/h8-10,13-16,29H,6-7,11-12,17-18H2,1-5H3,(H,33,38)(H,34,39). The fourth-order valence-corrected chi connectivity index (χ4v) is 4.69. The summed E-state index contributed by atoms with van der Waals surface area (Å²) < 4.78 is 22.1. The van der Waals surface area contributed by atoms with Crippen molar-refractivity contribution in [3.8, 4) is 11.3 Å². The summed E-state index contributed by atoms with van der Waals surface area (Å²) in [5.41, 5.74) is 1.91. The highest BCUT2D eigenvalue weighted by atomic mass is 35.5. The summed E-state index contributed by atoms with van der Waals surface area (Å²) >= 11 is 6.43. The van der Waals surface area contributed by atoms with Gasteiger partial charge in [-0.3, -0.25) is 14.9 Å². The summed E-state index contributed by atoms with van der Waals surface area (Å²) in [5.74, 6) is -0.448. The Morgan fingerprint density at radius 2 is 1.84 bits per heavy atom. The van der Waals surface area contributed by atoms with Crippen LogP contribution in [0.5, 0.6) is 0 Å². The second-order valence-electron chi connectivity index (χ2n) is 11.4. The normalized spacial score (nSPS) is 15.1. The van der Waals surface area contributed by atoms with Gasteiger partial charge in [0.05, 0.1) is 28.5 Å². The molecule has 0 spiro atoms. The zero-order valence-corrected chi connectivity index (χ0v) is 25.7. The molecule has 1 atom stereocenters. The maximum atomic E-state index is 13.1. The molecule has 4 rings (SSSR count). The van der Waals surface area contributed by atoms with Crippen LogP contribution in [0, 0.1) is 0 Å². The van der Waals surface area contributed by atoms with Gasteiger partial charge in [0, 0.05) is 37.9 Å². The van der Waals surface area contributed by atoms with Crippen molar-refractivity contribution in [2.24, 2.45) is 0 Å². The molecule has 1 aliphatic heterocycles. The number of nitrogens with zero attached hydrogens (tertiary/aromatic N) is 2. The van der Waals surface area contributed by atoms with Gasteiger partial charge in [-0.25, -0.2) is 4.79 Å². The monoisotopic (exact) mass is 612 g/mol. The minimum absolute atomic E-state index is 0.223. The number of amides is 2. The molecule has 2 N–H and O–H groups in total. The van der Waals surface area contributed by atoms with Crippen LogP contribution in [-0.2, 0) is 25.6 Å². The molecule has 0 radical (unpaired) electrons. The van der Waals surface area contributed by atoms with Crippen molar-refractivity contribution in [3.05, 3.63) is 58.8 Å². The Kier molecular flexibility index (Phi) is 10.4. The van der Waals surface area contributed by atoms with Crippen LogP contribution in [0.15, 0.2) is 47.0 Å². The number of aromatic nitrogens is 1. The highest BCUT2D eigenvalue weighted by Crippen LogP contribution is 2.35. The molecule has 1 unspecified atom stereocenters. The molecule has 230 valence electrons. The predicted octanol–water partition coefficient (Wildman–Crippen LogP) is 6.66. The Morgan fingerprint density at radius 3 is 2.53 bits per heavy atom. The van der Waals surface area contributed by atoms with Gasteiger partial charge >= 0.3 is 6.09 Å². The number of hydrogen-bond donors (Lipinski definition) is 2. The first-order valence-corrected chi connectivity index (χ1v) is 14.4. The minimum atomic E-state index is -0.726. The Balaban J connectivity index is 1.42. The molecule has 2 aromatic carbocycles. The van der Waals surface area contributed by atoms with Crippen LogP contribution in [0.4, 0.5) is 21.9 Å². The summed E-state index contributed by atoms with van der Waals surface area (Å²) in [6.07, 6.45) is 1.55. The van der Waals surface area contributed by atoms with Crippen molar-refractivity contribution in [2.45, 2.75) is 65.0 Å². The molecule has 0 saturated carbocycles. The van der Waals surface area contributed by atoms with Crippen LogP contribution < -0.4 is 15.5 Å². The summed E-state index contributed by atoms with van der Waals surface area (Å²) in [6.45, 7) is 6.14. The lowest BCUT2D eigenvalue weighted by molar-refractivity contribution is -0.171. The fourth-order valence-electron chi connectivity index (χ4n) is 4.35. The molecule has 0 bridgehead atoms. The average molecular weight is 613 g/mol. The summed E-state index contributed by atoms with van der Waals surface area (Å²) in [4.78, 5) is 40.3. The maximum absolute atomic E-state index is 13.1. The smallest absolute Gasteiger partial charge is 0.412 e. The first kappa shape index (κ1) is 32.0. The molecule has 43 heavy (non-hydrogen) atoms. The second kappa shape index (κ2) is 14.0. The number of halogens is 1. The van der Waals surface area contributed by atoms with Crippen molar-refractivity contribution < 1.29 is 33.1 Å². The van der Waals surface area contributed by atoms with E-state index in [0.29, 0.717) is 39.9 Å². The number of benzene rings is 2. The summed E-state index contributed by atoms with van der Waals surface area (Å²) in [6, 6.07) is 11.7. The van der Waals surface area contributed by atoms with Crippen molar-refractivity contribution in [1.29, 1.82) is 0 Å². The van der Waals surface area contributed by atoms with Gasteiger partial charge in [0.1, 0.15) is 17.9 Å². The van der Waals surface area contributed by atoms with Crippen molar-refractivity contribution >= 4 is 46.4 Å². The average Bonchev–Trinajstić information content (AvgIpc) is 3.42. The van der Waals surface area contributed by atoms with Crippen molar-refractivity contribution in [3.63, 3.8) is 0 Å². The van der Waals surface area contributed by atoms with E-state index < -0.39 is 29.8 Å². The number of hydrogen-bond acceptors (Lipinski definition) is 9. The van der Waals surface area contributed by atoms with Gasteiger partial charge in [0.25, 0.3) is 0 Å². The Labute approximate surface area is 255 Å².